The number of anilines is 2. The molecule has 1 aromatic carbocycles. The van der Waals surface area contributed by atoms with Crippen LogP contribution in [0.5, 0.6) is 5.75 Å². The van der Waals surface area contributed by atoms with Gasteiger partial charge in [0.2, 0.25) is 17.5 Å². The number of aromatic nitrogens is 2. The number of carboxylic acid groups (broad SMARTS) is 1. The number of barbiturate groups is 1. The SMILES string of the molecule is COc1ccc(N2C(=O)NC(=O)C(C(=O)Nc3snnc3C(=O)O)C2=O)cc1. The number of benzene rings is 1. The van der Waals surface area contributed by atoms with E-state index in [4.69, 9.17) is 9.84 Å². The number of ether oxygens (including phenoxy) is 1. The highest BCUT2D eigenvalue weighted by Gasteiger charge is 2.46. The molecule has 1 saturated heterocycles. The van der Waals surface area contributed by atoms with Gasteiger partial charge in [-0.2, -0.15) is 0 Å². The number of imide groups is 2. The van der Waals surface area contributed by atoms with E-state index in [2.05, 4.69) is 14.9 Å². The fourth-order valence-electron chi connectivity index (χ4n) is 2.38. The summed E-state index contributed by atoms with van der Waals surface area (Å²) in [6.45, 7) is 0. The number of carbonyl (C=O) groups excluding carboxylic acids is 4. The molecular formula is C15H11N5O7S. The number of hydrogen-bond donors (Lipinski definition) is 3. The molecule has 2 aromatic rings. The first kappa shape index (κ1) is 18.9. The smallest absolute Gasteiger partial charge is 0.359 e. The van der Waals surface area contributed by atoms with Crippen LogP contribution in [0.25, 0.3) is 0 Å². The molecule has 1 atom stereocenters. The molecule has 3 N–H and O–H groups in total. The van der Waals surface area contributed by atoms with Gasteiger partial charge in [-0.3, -0.25) is 19.7 Å². The standard InChI is InChI=1S/C15H11N5O7S/c1-27-7-4-2-6(3-5-7)20-13(23)8(11(22)17-15(20)26)10(21)16-12-9(14(24)25)18-19-28-12/h2-5,8H,1H3,(H,16,21)(H,24,25)(H,17,22,26). The number of carboxylic acids is 1. The van der Waals surface area contributed by atoms with Crippen molar-refractivity contribution < 1.29 is 33.8 Å². The fourth-order valence-corrected chi connectivity index (χ4v) is 2.94. The second kappa shape index (κ2) is 7.40. The maximum absolute atomic E-state index is 12.7. The molecule has 0 aliphatic carbocycles. The Kier molecular flexibility index (Phi) is 5.00. The topological polar surface area (TPSA) is 168 Å². The lowest BCUT2D eigenvalue weighted by molar-refractivity contribution is -0.139. The third-order valence-corrected chi connectivity index (χ3v) is 4.32. The molecule has 5 amide bonds. The van der Waals surface area contributed by atoms with Crippen LogP contribution in [-0.2, 0) is 14.4 Å². The minimum atomic E-state index is -1.91. The number of hydrogen-bond acceptors (Lipinski definition) is 9. The lowest BCUT2D eigenvalue weighted by atomic mass is 10.0. The first-order valence-electron chi connectivity index (χ1n) is 7.53. The largest absolute Gasteiger partial charge is 0.497 e. The molecule has 2 heterocycles. The summed E-state index contributed by atoms with van der Waals surface area (Å²) in [5.74, 6) is -6.24. The summed E-state index contributed by atoms with van der Waals surface area (Å²) < 4.78 is 8.40. The highest BCUT2D eigenvalue weighted by molar-refractivity contribution is 7.10. The number of amides is 5. The van der Waals surface area contributed by atoms with Crippen LogP contribution in [0.3, 0.4) is 0 Å². The summed E-state index contributed by atoms with van der Waals surface area (Å²) in [5, 5.41) is 16.2. The van der Waals surface area contributed by atoms with E-state index < -0.39 is 41.3 Å². The lowest BCUT2D eigenvalue weighted by Crippen LogP contribution is -2.61. The molecule has 3 rings (SSSR count). The van der Waals surface area contributed by atoms with Crippen molar-refractivity contribution in [3.8, 4) is 5.75 Å². The summed E-state index contributed by atoms with van der Waals surface area (Å²) in [6, 6.07) is 4.76. The van der Waals surface area contributed by atoms with E-state index in [0.29, 0.717) is 22.2 Å². The van der Waals surface area contributed by atoms with Gasteiger partial charge in [0.05, 0.1) is 12.8 Å². The zero-order chi connectivity index (χ0) is 20.4. The van der Waals surface area contributed by atoms with Gasteiger partial charge in [-0.15, -0.1) is 5.10 Å². The van der Waals surface area contributed by atoms with Crippen molar-refractivity contribution in [2.45, 2.75) is 0 Å². The van der Waals surface area contributed by atoms with Crippen molar-refractivity contribution in [3.63, 3.8) is 0 Å². The van der Waals surface area contributed by atoms with Crippen LogP contribution in [0.15, 0.2) is 24.3 Å². The first-order chi connectivity index (χ1) is 13.3. The van der Waals surface area contributed by atoms with Gasteiger partial charge in [-0.25, -0.2) is 14.5 Å². The molecule has 28 heavy (non-hydrogen) atoms. The molecule has 12 nitrogen and oxygen atoms in total. The number of carbonyl (C=O) groups is 5. The Morgan fingerprint density at radius 2 is 1.93 bits per heavy atom. The fraction of sp³-hybridized carbons (Fsp3) is 0.133. The van der Waals surface area contributed by atoms with E-state index >= 15 is 0 Å². The van der Waals surface area contributed by atoms with E-state index in [1.807, 2.05) is 5.32 Å². The summed E-state index contributed by atoms with van der Waals surface area (Å²) in [6.07, 6.45) is 0. The Balaban J connectivity index is 1.87. The average molecular weight is 405 g/mol. The average Bonchev–Trinajstić information content (AvgIpc) is 3.10. The van der Waals surface area contributed by atoms with Gasteiger partial charge in [0.1, 0.15) is 5.75 Å². The van der Waals surface area contributed by atoms with Crippen molar-refractivity contribution in [2.24, 2.45) is 5.92 Å². The molecule has 144 valence electrons. The summed E-state index contributed by atoms with van der Waals surface area (Å²) in [5.41, 5.74) is -0.426. The minimum Gasteiger partial charge on any atom is -0.497 e. The van der Waals surface area contributed by atoms with Crippen LogP contribution in [0.1, 0.15) is 10.5 Å². The van der Waals surface area contributed by atoms with Crippen molar-refractivity contribution in [2.75, 3.05) is 17.3 Å². The molecule has 1 unspecified atom stereocenters. The number of methoxy groups -OCH3 is 1. The Morgan fingerprint density at radius 3 is 2.54 bits per heavy atom. The van der Waals surface area contributed by atoms with E-state index in [9.17, 15) is 24.0 Å². The van der Waals surface area contributed by atoms with Crippen molar-refractivity contribution >= 4 is 51.9 Å². The van der Waals surface area contributed by atoms with E-state index in [1.54, 1.807) is 0 Å². The zero-order valence-electron chi connectivity index (χ0n) is 14.0. The Bertz CT molecular complexity index is 987. The summed E-state index contributed by atoms with van der Waals surface area (Å²) in [4.78, 5) is 61.0. The van der Waals surface area contributed by atoms with E-state index in [0.717, 1.165) is 0 Å². The van der Waals surface area contributed by atoms with Crippen LogP contribution in [0.2, 0.25) is 0 Å². The summed E-state index contributed by atoms with van der Waals surface area (Å²) >= 11 is 0.563. The number of rotatable bonds is 5. The lowest BCUT2D eigenvalue weighted by Gasteiger charge is -2.29. The third kappa shape index (κ3) is 3.37. The predicted molar refractivity (Wildman–Crippen MR) is 93.0 cm³/mol. The molecule has 0 spiro atoms. The van der Waals surface area contributed by atoms with Crippen LogP contribution >= 0.6 is 11.5 Å². The van der Waals surface area contributed by atoms with Crippen LogP contribution in [-0.4, -0.2) is 51.5 Å². The van der Waals surface area contributed by atoms with Gasteiger partial charge in [0, 0.05) is 11.5 Å². The molecule has 13 heteroatoms. The van der Waals surface area contributed by atoms with Gasteiger partial charge >= 0.3 is 12.0 Å². The first-order valence-corrected chi connectivity index (χ1v) is 8.30. The quantitative estimate of drug-likeness (QED) is 0.583. The van der Waals surface area contributed by atoms with Gasteiger partial charge in [0.25, 0.3) is 5.91 Å². The van der Waals surface area contributed by atoms with Crippen molar-refractivity contribution in [1.29, 1.82) is 0 Å². The molecule has 0 saturated carbocycles. The molecule has 0 radical (unpaired) electrons. The van der Waals surface area contributed by atoms with Crippen LogP contribution in [0.4, 0.5) is 15.5 Å². The number of urea groups is 1. The molecule has 0 bridgehead atoms. The number of nitrogens with zero attached hydrogens (tertiary/aromatic N) is 3. The van der Waals surface area contributed by atoms with Crippen LogP contribution < -0.4 is 20.3 Å². The van der Waals surface area contributed by atoms with E-state index in [-0.39, 0.29) is 10.7 Å². The highest BCUT2D eigenvalue weighted by Crippen LogP contribution is 2.25. The second-order valence-corrected chi connectivity index (χ2v) is 6.10. The van der Waals surface area contributed by atoms with Crippen molar-refractivity contribution in [1.82, 2.24) is 14.9 Å². The normalized spacial score (nSPS) is 16.5. The highest BCUT2D eigenvalue weighted by atomic mass is 32.1. The van der Waals surface area contributed by atoms with Crippen LogP contribution in [0, 0.1) is 5.92 Å². The Hall–Kier alpha value is -3.87. The van der Waals surface area contributed by atoms with Gasteiger partial charge in [0.15, 0.2) is 10.9 Å². The second-order valence-electron chi connectivity index (χ2n) is 5.34. The van der Waals surface area contributed by atoms with Gasteiger partial charge < -0.3 is 15.2 Å². The molecule has 1 aliphatic rings. The number of aromatic carboxylic acids is 1. The zero-order valence-corrected chi connectivity index (χ0v) is 14.8. The molecule has 1 fully saturated rings. The number of nitrogens with one attached hydrogen (secondary N) is 2. The van der Waals surface area contributed by atoms with Gasteiger partial charge in [-0.1, -0.05) is 4.49 Å². The molecule has 1 aliphatic heterocycles. The maximum Gasteiger partial charge on any atom is 0.359 e. The summed E-state index contributed by atoms with van der Waals surface area (Å²) in [7, 11) is 1.44. The third-order valence-electron chi connectivity index (χ3n) is 3.68. The van der Waals surface area contributed by atoms with Crippen molar-refractivity contribution in [3.05, 3.63) is 30.0 Å². The molecular weight excluding hydrogens is 394 g/mol. The monoisotopic (exact) mass is 405 g/mol. The predicted octanol–water partition coefficient (Wildman–Crippen LogP) is 0.0826. The van der Waals surface area contributed by atoms with E-state index in [1.165, 1.54) is 31.4 Å². The minimum absolute atomic E-state index is 0.110. The molecule has 1 aromatic heterocycles. The van der Waals surface area contributed by atoms with Gasteiger partial charge in [-0.05, 0) is 24.3 Å². The Labute approximate surface area is 160 Å². The Morgan fingerprint density at radius 1 is 1.25 bits per heavy atom. The maximum atomic E-state index is 12.7.